The topological polar surface area (TPSA) is 69.9 Å². The summed E-state index contributed by atoms with van der Waals surface area (Å²) >= 11 is 1.61. The first-order valence-electron chi connectivity index (χ1n) is 11.4. The maximum absolute atomic E-state index is 13.1. The van der Waals surface area contributed by atoms with Crippen LogP contribution in [0.3, 0.4) is 0 Å². The highest BCUT2D eigenvalue weighted by Crippen LogP contribution is 2.30. The number of hydrogen-bond donors (Lipinski definition) is 2. The number of carbonyl (C=O) groups is 1. The molecule has 0 saturated carbocycles. The molecule has 6 nitrogen and oxygen atoms in total. The van der Waals surface area contributed by atoms with Gasteiger partial charge in [0.1, 0.15) is 0 Å². The van der Waals surface area contributed by atoms with E-state index in [0.29, 0.717) is 12.1 Å². The summed E-state index contributed by atoms with van der Waals surface area (Å²) in [6.45, 7) is 2.40. The molecule has 1 fully saturated rings. The number of carbonyl (C=O) groups excluding carboxylic acids is 1. The lowest BCUT2D eigenvalue weighted by Crippen LogP contribution is -2.22. The molecule has 1 saturated heterocycles. The van der Waals surface area contributed by atoms with Gasteiger partial charge in [0.05, 0.1) is 17.5 Å². The van der Waals surface area contributed by atoms with E-state index in [2.05, 4.69) is 20.0 Å². The van der Waals surface area contributed by atoms with Gasteiger partial charge in [0, 0.05) is 48.0 Å². The molecule has 0 bridgehead atoms. The molecule has 2 N–H and O–H groups in total. The Kier molecular flexibility index (Phi) is 5.37. The molecule has 7 heteroatoms. The van der Waals surface area contributed by atoms with Crippen LogP contribution >= 0.6 is 11.3 Å². The van der Waals surface area contributed by atoms with Crippen LogP contribution < -0.4 is 5.32 Å². The van der Waals surface area contributed by atoms with E-state index in [1.807, 2.05) is 72.9 Å². The van der Waals surface area contributed by atoms with E-state index < -0.39 is 0 Å². The minimum Gasteiger partial charge on any atom is -0.392 e. The fourth-order valence-electron chi connectivity index (χ4n) is 4.60. The molecule has 5 aromatic rings. The normalized spacial score (nSPS) is 16.4. The van der Waals surface area contributed by atoms with Gasteiger partial charge in [-0.25, -0.2) is 4.98 Å². The molecule has 1 aliphatic rings. The average molecular weight is 469 g/mol. The Hall–Kier alpha value is -3.52. The number of hydrogen-bond acceptors (Lipinski definition) is 5. The van der Waals surface area contributed by atoms with Crippen LogP contribution in [0.4, 0.5) is 5.69 Å². The van der Waals surface area contributed by atoms with Crippen molar-refractivity contribution in [2.75, 3.05) is 18.4 Å². The highest BCUT2D eigenvalue weighted by Gasteiger charge is 2.22. The van der Waals surface area contributed by atoms with Crippen molar-refractivity contribution in [2.24, 2.45) is 0 Å². The van der Waals surface area contributed by atoms with Gasteiger partial charge in [-0.1, -0.05) is 48.5 Å². The first kappa shape index (κ1) is 21.0. The summed E-state index contributed by atoms with van der Waals surface area (Å²) in [5.41, 5.74) is 4.22. The van der Waals surface area contributed by atoms with Gasteiger partial charge >= 0.3 is 0 Å². The Morgan fingerprint density at radius 1 is 1.09 bits per heavy atom. The summed E-state index contributed by atoms with van der Waals surface area (Å²) in [5, 5.41) is 17.2. The third-order valence-corrected chi connectivity index (χ3v) is 7.27. The molecular weight excluding hydrogens is 444 g/mol. The highest BCUT2D eigenvalue weighted by molar-refractivity contribution is 7.15. The summed E-state index contributed by atoms with van der Waals surface area (Å²) in [4.78, 5) is 21.1. The number of anilines is 1. The summed E-state index contributed by atoms with van der Waals surface area (Å²) < 4.78 is 2.12. The van der Waals surface area contributed by atoms with Crippen molar-refractivity contribution in [1.82, 2.24) is 14.3 Å². The van der Waals surface area contributed by atoms with E-state index in [-0.39, 0.29) is 12.0 Å². The molecule has 0 aliphatic carbocycles. The summed E-state index contributed by atoms with van der Waals surface area (Å²) in [6.07, 6.45) is 2.63. The first-order valence-corrected chi connectivity index (χ1v) is 12.3. The number of fused-ring (bicyclic) bond motifs is 2. The van der Waals surface area contributed by atoms with Crippen LogP contribution in [0.1, 0.15) is 22.5 Å². The zero-order chi connectivity index (χ0) is 23.1. The molecule has 1 atom stereocenters. The Bertz CT molecular complexity index is 1510. The number of amides is 1. The van der Waals surface area contributed by atoms with Crippen LogP contribution in [0.5, 0.6) is 0 Å². The Morgan fingerprint density at radius 2 is 1.91 bits per heavy atom. The zero-order valence-corrected chi connectivity index (χ0v) is 19.3. The fraction of sp³-hybridized carbons (Fsp3) is 0.185. The third kappa shape index (κ3) is 3.98. The monoisotopic (exact) mass is 468 g/mol. The van der Waals surface area contributed by atoms with Gasteiger partial charge in [0.15, 0.2) is 4.96 Å². The van der Waals surface area contributed by atoms with Gasteiger partial charge in [0.25, 0.3) is 5.91 Å². The predicted molar refractivity (Wildman–Crippen MR) is 136 cm³/mol. The number of aliphatic hydroxyl groups excluding tert-OH is 1. The van der Waals surface area contributed by atoms with Gasteiger partial charge < -0.3 is 10.4 Å². The fourth-order valence-corrected chi connectivity index (χ4v) is 5.46. The number of thiazole rings is 1. The second kappa shape index (κ2) is 8.68. The smallest absolute Gasteiger partial charge is 0.255 e. The molecule has 0 spiro atoms. The minimum atomic E-state index is -0.231. The van der Waals surface area contributed by atoms with Crippen LogP contribution in [0, 0.1) is 0 Å². The lowest BCUT2D eigenvalue weighted by molar-refractivity contribution is 0.102. The van der Waals surface area contributed by atoms with E-state index in [9.17, 15) is 9.90 Å². The molecule has 1 amide bonds. The molecule has 3 aromatic carbocycles. The van der Waals surface area contributed by atoms with E-state index in [1.54, 1.807) is 11.3 Å². The van der Waals surface area contributed by atoms with Crippen molar-refractivity contribution < 1.29 is 9.90 Å². The van der Waals surface area contributed by atoms with Crippen LogP contribution in [-0.2, 0) is 6.54 Å². The van der Waals surface area contributed by atoms with Crippen molar-refractivity contribution in [3.8, 4) is 11.3 Å². The number of likely N-dealkylation sites (tertiary alicyclic amines) is 1. The van der Waals surface area contributed by atoms with Gasteiger partial charge in [-0.05, 0) is 35.4 Å². The molecule has 3 heterocycles. The Labute approximate surface area is 201 Å². The Balaban J connectivity index is 1.28. The number of benzene rings is 3. The molecule has 6 rings (SSSR count). The van der Waals surface area contributed by atoms with Crippen LogP contribution in [-0.4, -0.2) is 44.5 Å². The number of β-amino-alcohol motifs (C(OH)–C–C–N with tert-alkyl or cyclic N) is 1. The number of imidazole rings is 1. The summed E-state index contributed by atoms with van der Waals surface area (Å²) in [6, 6.07) is 21.5. The van der Waals surface area contributed by atoms with Crippen molar-refractivity contribution in [1.29, 1.82) is 0 Å². The molecule has 0 radical (unpaired) electrons. The van der Waals surface area contributed by atoms with Gasteiger partial charge in [0.2, 0.25) is 0 Å². The predicted octanol–water partition coefficient (Wildman–Crippen LogP) is 5.03. The van der Waals surface area contributed by atoms with Crippen LogP contribution in [0.25, 0.3) is 27.0 Å². The number of para-hydroxylation sites is 1. The van der Waals surface area contributed by atoms with E-state index in [4.69, 9.17) is 4.98 Å². The van der Waals surface area contributed by atoms with Gasteiger partial charge in [-0.15, -0.1) is 11.3 Å². The van der Waals surface area contributed by atoms with Crippen LogP contribution in [0.2, 0.25) is 0 Å². The number of nitrogens with zero attached hydrogens (tertiary/aromatic N) is 3. The average Bonchev–Trinajstić information content (AvgIpc) is 3.56. The molecule has 170 valence electrons. The number of nitrogens with one attached hydrogen (secondary N) is 1. The number of rotatable bonds is 5. The van der Waals surface area contributed by atoms with Crippen molar-refractivity contribution in [3.63, 3.8) is 0 Å². The molecule has 34 heavy (non-hydrogen) atoms. The van der Waals surface area contributed by atoms with Gasteiger partial charge in [-0.2, -0.15) is 0 Å². The zero-order valence-electron chi connectivity index (χ0n) is 18.5. The molecule has 1 aliphatic heterocycles. The summed E-state index contributed by atoms with van der Waals surface area (Å²) in [7, 11) is 0. The van der Waals surface area contributed by atoms with Crippen molar-refractivity contribution in [3.05, 3.63) is 89.6 Å². The Morgan fingerprint density at radius 3 is 2.76 bits per heavy atom. The maximum Gasteiger partial charge on any atom is 0.255 e. The van der Waals surface area contributed by atoms with Crippen LogP contribution in [0.15, 0.2) is 78.3 Å². The molecular formula is C27H24N4O2S. The summed E-state index contributed by atoms with van der Waals surface area (Å²) in [5.74, 6) is -0.146. The second-order valence-electron chi connectivity index (χ2n) is 8.75. The largest absolute Gasteiger partial charge is 0.392 e. The lowest BCUT2D eigenvalue weighted by Gasteiger charge is -2.13. The standard InChI is InChI=1S/C27H24N4O2S/c32-22-11-12-30(15-22)14-21-17-34-27-29-25(16-31(21)27)23-7-3-4-8-24(23)28-26(33)20-10-9-18-5-1-2-6-19(18)13-20/h1-10,13,16-17,22,32H,11-12,14-15H2,(H,28,33). The van der Waals surface area contributed by atoms with Crippen molar-refractivity contribution in [2.45, 2.75) is 19.1 Å². The molecule has 2 aromatic heterocycles. The molecule has 1 unspecified atom stereocenters. The van der Waals surface area contributed by atoms with Gasteiger partial charge in [-0.3, -0.25) is 14.1 Å². The number of aliphatic hydroxyl groups is 1. The SMILES string of the molecule is O=C(Nc1ccccc1-c1cn2c(CN3CCC(O)C3)csc2n1)c1ccc2ccccc2c1. The second-order valence-corrected chi connectivity index (χ2v) is 9.58. The van der Waals surface area contributed by atoms with E-state index in [0.717, 1.165) is 57.9 Å². The third-order valence-electron chi connectivity index (χ3n) is 6.38. The highest BCUT2D eigenvalue weighted by atomic mass is 32.1. The van der Waals surface area contributed by atoms with E-state index in [1.165, 1.54) is 0 Å². The first-order chi connectivity index (χ1) is 16.6. The van der Waals surface area contributed by atoms with E-state index >= 15 is 0 Å². The van der Waals surface area contributed by atoms with Crippen molar-refractivity contribution >= 4 is 38.7 Å². The maximum atomic E-state index is 13.1. The number of aromatic nitrogens is 2. The lowest BCUT2D eigenvalue weighted by atomic mass is 10.1. The minimum absolute atomic E-state index is 0.146. The quantitative estimate of drug-likeness (QED) is 0.379.